The molecule has 0 fully saturated rings. The summed E-state index contributed by atoms with van der Waals surface area (Å²) in [4.78, 5) is 30.8. The molecule has 0 saturated carbocycles. The lowest BCUT2D eigenvalue weighted by molar-refractivity contribution is -0.383. The van der Waals surface area contributed by atoms with Gasteiger partial charge in [-0.1, -0.05) is 41.4 Å². The average molecular weight is 434 g/mol. The molecule has 3 rings (SSSR count). The Labute approximate surface area is 174 Å². The highest BCUT2D eigenvalue weighted by molar-refractivity contribution is 6.36. The number of para-hydroxylation sites is 1. The lowest BCUT2D eigenvalue weighted by Crippen LogP contribution is -2.30. The summed E-state index contributed by atoms with van der Waals surface area (Å²) < 4.78 is 0. The van der Waals surface area contributed by atoms with Crippen LogP contribution in [0.5, 0.6) is 0 Å². The van der Waals surface area contributed by atoms with E-state index in [4.69, 9.17) is 23.2 Å². The summed E-state index contributed by atoms with van der Waals surface area (Å²) in [7, 11) is 0. The molecule has 0 unspecified atom stereocenters. The summed E-state index contributed by atoms with van der Waals surface area (Å²) in [6.45, 7) is 0. The third-order valence-corrected chi connectivity index (χ3v) is 4.12. The zero-order chi connectivity index (χ0) is 20.8. The third-order valence-electron chi connectivity index (χ3n) is 3.57. The van der Waals surface area contributed by atoms with Crippen LogP contribution in [0.25, 0.3) is 0 Å². The molecule has 2 aromatic carbocycles. The van der Waals surface area contributed by atoms with Crippen molar-refractivity contribution in [2.45, 2.75) is 0 Å². The van der Waals surface area contributed by atoms with Gasteiger partial charge in [0.05, 0.1) is 21.2 Å². The van der Waals surface area contributed by atoms with E-state index in [-0.39, 0.29) is 22.2 Å². The molecule has 0 saturated heterocycles. The number of anilines is 3. The van der Waals surface area contributed by atoms with Crippen LogP contribution in [-0.4, -0.2) is 20.8 Å². The van der Waals surface area contributed by atoms with Crippen molar-refractivity contribution in [3.05, 3.63) is 80.6 Å². The molecule has 148 valence electrons. The van der Waals surface area contributed by atoms with Gasteiger partial charge in [-0.15, -0.1) is 0 Å². The van der Waals surface area contributed by atoms with Crippen molar-refractivity contribution in [2.75, 3.05) is 16.3 Å². The Morgan fingerprint density at radius 3 is 2.31 bits per heavy atom. The Bertz CT molecular complexity index is 1050. The molecule has 12 heteroatoms. The Morgan fingerprint density at radius 1 is 0.966 bits per heavy atom. The monoisotopic (exact) mass is 433 g/mol. The van der Waals surface area contributed by atoms with Gasteiger partial charge in [-0.3, -0.25) is 36.6 Å². The van der Waals surface area contributed by atoms with Crippen LogP contribution in [0.4, 0.5) is 23.0 Å². The minimum atomic E-state index is -0.682. The van der Waals surface area contributed by atoms with E-state index >= 15 is 0 Å². The van der Waals surface area contributed by atoms with Crippen molar-refractivity contribution in [1.82, 2.24) is 15.4 Å². The number of carbonyl (C=O) groups is 1. The van der Waals surface area contributed by atoms with Crippen LogP contribution in [0.15, 0.2) is 54.9 Å². The molecular formula is C17H13Cl2N7O3. The predicted octanol–water partition coefficient (Wildman–Crippen LogP) is 3.89. The Morgan fingerprint density at radius 2 is 1.66 bits per heavy atom. The van der Waals surface area contributed by atoms with Crippen LogP contribution in [0, 0.1) is 10.1 Å². The van der Waals surface area contributed by atoms with Crippen molar-refractivity contribution in [2.24, 2.45) is 0 Å². The molecule has 0 aliphatic rings. The standard InChI is InChI=1S/C17H13Cl2N7O3/c18-10-6-7-12(13(19)8-10)17(27)25-24-16-14(26(28)29)15(20-9-21-16)23-22-11-4-2-1-3-5-11/h1-9,22H,(H,25,27)(H2,20,21,23,24). The van der Waals surface area contributed by atoms with Gasteiger partial charge >= 0.3 is 5.69 Å². The number of carbonyl (C=O) groups excluding carboxylic acids is 1. The molecule has 0 spiro atoms. The Hall–Kier alpha value is -3.63. The summed E-state index contributed by atoms with van der Waals surface area (Å²) in [5.41, 5.74) is 10.5. The van der Waals surface area contributed by atoms with Crippen LogP contribution in [-0.2, 0) is 0 Å². The Kier molecular flexibility index (Phi) is 6.27. The molecule has 0 bridgehead atoms. The maximum Gasteiger partial charge on any atom is 0.356 e. The molecule has 10 nitrogen and oxygen atoms in total. The van der Waals surface area contributed by atoms with Gasteiger partial charge in [-0.25, -0.2) is 9.97 Å². The number of hydrazine groups is 2. The number of rotatable bonds is 7. The van der Waals surface area contributed by atoms with Crippen LogP contribution in [0.1, 0.15) is 10.4 Å². The molecule has 4 N–H and O–H groups in total. The maximum atomic E-state index is 12.3. The normalized spacial score (nSPS) is 10.1. The molecule has 0 atom stereocenters. The molecule has 1 amide bonds. The van der Waals surface area contributed by atoms with E-state index in [2.05, 4.69) is 31.7 Å². The van der Waals surface area contributed by atoms with E-state index in [0.29, 0.717) is 10.7 Å². The zero-order valence-electron chi connectivity index (χ0n) is 14.5. The van der Waals surface area contributed by atoms with E-state index in [9.17, 15) is 14.9 Å². The number of hydrogen-bond donors (Lipinski definition) is 4. The number of hydrogen-bond acceptors (Lipinski definition) is 8. The van der Waals surface area contributed by atoms with Gasteiger partial charge in [-0.05, 0) is 30.3 Å². The van der Waals surface area contributed by atoms with Crippen molar-refractivity contribution >= 4 is 52.1 Å². The van der Waals surface area contributed by atoms with E-state index < -0.39 is 16.5 Å². The van der Waals surface area contributed by atoms with Gasteiger partial charge in [0.25, 0.3) is 5.91 Å². The van der Waals surface area contributed by atoms with E-state index in [1.54, 1.807) is 24.3 Å². The van der Waals surface area contributed by atoms with Gasteiger partial charge in [-0.2, -0.15) is 0 Å². The van der Waals surface area contributed by atoms with Gasteiger partial charge in [0.1, 0.15) is 6.33 Å². The summed E-state index contributed by atoms with van der Waals surface area (Å²) in [5, 5.41) is 12.0. The van der Waals surface area contributed by atoms with Gasteiger partial charge in [0.2, 0.25) is 11.6 Å². The lowest BCUT2D eigenvalue weighted by Gasteiger charge is -2.12. The van der Waals surface area contributed by atoms with E-state index in [1.165, 1.54) is 18.2 Å². The predicted molar refractivity (Wildman–Crippen MR) is 110 cm³/mol. The van der Waals surface area contributed by atoms with E-state index in [1.807, 2.05) is 6.07 Å². The zero-order valence-corrected chi connectivity index (χ0v) is 16.0. The number of halogens is 2. The summed E-state index contributed by atoms with van der Waals surface area (Å²) >= 11 is 11.8. The van der Waals surface area contributed by atoms with Crippen molar-refractivity contribution in [3.8, 4) is 0 Å². The van der Waals surface area contributed by atoms with Crippen LogP contribution in [0.3, 0.4) is 0 Å². The number of nitrogens with one attached hydrogen (secondary N) is 4. The highest BCUT2D eigenvalue weighted by Gasteiger charge is 2.24. The quantitative estimate of drug-likeness (QED) is 0.325. The first-order chi connectivity index (χ1) is 14.0. The molecule has 0 aliphatic carbocycles. The lowest BCUT2D eigenvalue weighted by atomic mass is 10.2. The number of aromatic nitrogens is 2. The van der Waals surface area contributed by atoms with Gasteiger partial charge < -0.3 is 0 Å². The second-order valence-electron chi connectivity index (χ2n) is 5.50. The largest absolute Gasteiger partial charge is 0.356 e. The fraction of sp³-hybridized carbons (Fsp3) is 0. The second kappa shape index (κ2) is 9.04. The summed E-state index contributed by atoms with van der Waals surface area (Å²) in [5.74, 6) is -0.951. The molecule has 0 aliphatic heterocycles. The molecule has 29 heavy (non-hydrogen) atoms. The second-order valence-corrected chi connectivity index (χ2v) is 6.34. The first kappa shape index (κ1) is 20.1. The number of nitro groups is 1. The minimum Gasteiger partial charge on any atom is -0.299 e. The van der Waals surface area contributed by atoms with Crippen LogP contribution in [0.2, 0.25) is 10.0 Å². The molecule has 1 heterocycles. The number of nitrogens with zero attached hydrogens (tertiary/aromatic N) is 3. The average Bonchev–Trinajstić information content (AvgIpc) is 2.71. The first-order valence-corrected chi connectivity index (χ1v) is 8.79. The highest BCUT2D eigenvalue weighted by Crippen LogP contribution is 2.28. The smallest absolute Gasteiger partial charge is 0.299 e. The van der Waals surface area contributed by atoms with Crippen molar-refractivity contribution in [1.29, 1.82) is 0 Å². The summed E-state index contributed by atoms with van der Waals surface area (Å²) in [6, 6.07) is 13.3. The third kappa shape index (κ3) is 5.00. The highest BCUT2D eigenvalue weighted by atomic mass is 35.5. The first-order valence-electron chi connectivity index (χ1n) is 8.03. The Balaban J connectivity index is 1.76. The maximum absolute atomic E-state index is 12.3. The minimum absolute atomic E-state index is 0.102. The fourth-order valence-corrected chi connectivity index (χ4v) is 2.74. The topological polar surface area (TPSA) is 134 Å². The molecule has 3 aromatic rings. The number of amides is 1. The molecule has 0 radical (unpaired) electrons. The van der Waals surface area contributed by atoms with Crippen molar-refractivity contribution in [3.63, 3.8) is 0 Å². The molecular weight excluding hydrogens is 421 g/mol. The van der Waals surface area contributed by atoms with Gasteiger partial charge in [0.15, 0.2) is 0 Å². The molecule has 1 aromatic heterocycles. The summed E-state index contributed by atoms with van der Waals surface area (Å²) in [6.07, 6.45) is 1.10. The van der Waals surface area contributed by atoms with Crippen LogP contribution < -0.4 is 21.7 Å². The fourth-order valence-electron chi connectivity index (χ4n) is 2.24. The SMILES string of the molecule is O=C(NNc1ncnc(NNc2ccccc2)c1[N+](=O)[O-])c1ccc(Cl)cc1Cl. The van der Waals surface area contributed by atoms with Gasteiger partial charge in [0, 0.05) is 5.02 Å². The van der Waals surface area contributed by atoms with Crippen LogP contribution >= 0.6 is 23.2 Å². The van der Waals surface area contributed by atoms with Crippen molar-refractivity contribution < 1.29 is 9.72 Å². The van der Waals surface area contributed by atoms with E-state index in [0.717, 1.165) is 6.33 Å². The number of benzene rings is 2.